The Kier molecular flexibility index (Phi) is 7.33. The van der Waals surface area contributed by atoms with Crippen LogP contribution in [-0.4, -0.2) is 39.9 Å². The molecule has 1 unspecified atom stereocenters. The summed E-state index contributed by atoms with van der Waals surface area (Å²) in [6, 6.07) is 14.0. The van der Waals surface area contributed by atoms with Gasteiger partial charge in [0.1, 0.15) is 23.9 Å². The van der Waals surface area contributed by atoms with E-state index in [2.05, 4.69) is 41.5 Å². The Hall–Kier alpha value is -3.91. The predicted molar refractivity (Wildman–Crippen MR) is 149 cm³/mol. The van der Waals surface area contributed by atoms with Crippen LogP contribution in [0.5, 0.6) is 17.2 Å². The Morgan fingerprint density at radius 2 is 2.03 bits per heavy atom. The fraction of sp³-hybridized carbons (Fsp3) is 0.367. The molecule has 2 N–H and O–H groups in total. The van der Waals surface area contributed by atoms with Gasteiger partial charge in [0, 0.05) is 23.8 Å². The van der Waals surface area contributed by atoms with Gasteiger partial charge < -0.3 is 20.1 Å². The van der Waals surface area contributed by atoms with Gasteiger partial charge in [0.2, 0.25) is 5.91 Å². The van der Waals surface area contributed by atoms with Crippen LogP contribution in [0.4, 0.5) is 5.69 Å². The molecule has 0 aliphatic carbocycles. The number of ether oxygens (including phenoxy) is 2. The number of carbonyl (C=O) groups is 1. The zero-order chi connectivity index (χ0) is 26.7. The topological polar surface area (TPSA) is 90.3 Å². The lowest BCUT2D eigenvalue weighted by atomic mass is 10.1. The number of pyridine rings is 1. The van der Waals surface area contributed by atoms with Crippen LogP contribution in [-0.2, 0) is 16.8 Å². The Balaban J connectivity index is 1.26. The molecule has 38 heavy (non-hydrogen) atoms. The lowest BCUT2D eigenvalue weighted by Crippen LogP contribution is -2.28. The maximum atomic E-state index is 12.6. The average molecular weight is 514 g/mol. The number of fused-ring (bicyclic) bond motifs is 1. The van der Waals surface area contributed by atoms with E-state index in [1.54, 1.807) is 12.4 Å². The maximum Gasteiger partial charge on any atom is 0.228 e. The summed E-state index contributed by atoms with van der Waals surface area (Å²) >= 11 is 0. The second kappa shape index (κ2) is 10.8. The van der Waals surface area contributed by atoms with E-state index in [0.717, 1.165) is 46.5 Å². The summed E-state index contributed by atoms with van der Waals surface area (Å²) in [6.07, 6.45) is 7.86. The van der Waals surface area contributed by atoms with Gasteiger partial charge in [0.25, 0.3) is 0 Å². The lowest BCUT2D eigenvalue weighted by Gasteiger charge is -2.18. The average Bonchev–Trinajstić information content (AvgIpc) is 3.57. The van der Waals surface area contributed by atoms with Crippen LogP contribution in [0.2, 0.25) is 0 Å². The molecule has 1 saturated heterocycles. The first-order chi connectivity index (χ1) is 18.2. The highest BCUT2D eigenvalue weighted by Crippen LogP contribution is 2.33. The molecule has 0 bridgehead atoms. The van der Waals surface area contributed by atoms with E-state index < -0.39 is 0 Å². The third kappa shape index (κ3) is 6.14. The standard InChI is InChI=1S/C30H35N5O3/c1-20-14-21(15-29(36)34-23-17-33-35(18-23)30(2,3)4)7-10-27(20)38-28-11-13-32-26-9-8-24(16-25(26)28)37-19-22-6-5-12-31-22/h7-11,13-14,16-18,22,31H,5-6,12,15,19H2,1-4H3,(H,34,36). The molecule has 8 heteroatoms. The molecule has 8 nitrogen and oxygen atoms in total. The molecule has 1 aliphatic heterocycles. The summed E-state index contributed by atoms with van der Waals surface area (Å²) in [5.74, 6) is 2.15. The van der Waals surface area contributed by atoms with Gasteiger partial charge in [-0.05, 0) is 88.5 Å². The molecule has 0 saturated carbocycles. The van der Waals surface area contributed by atoms with Crippen molar-refractivity contribution in [2.45, 2.75) is 58.5 Å². The summed E-state index contributed by atoms with van der Waals surface area (Å²) in [7, 11) is 0. The molecule has 2 aromatic carbocycles. The quantitative estimate of drug-likeness (QED) is 0.319. The van der Waals surface area contributed by atoms with E-state index in [4.69, 9.17) is 9.47 Å². The number of hydrogen-bond acceptors (Lipinski definition) is 6. The van der Waals surface area contributed by atoms with Gasteiger partial charge in [-0.3, -0.25) is 14.5 Å². The number of benzene rings is 2. The van der Waals surface area contributed by atoms with E-state index in [-0.39, 0.29) is 17.9 Å². The van der Waals surface area contributed by atoms with E-state index in [1.165, 1.54) is 6.42 Å². The number of hydrogen-bond donors (Lipinski definition) is 2. The molecule has 0 spiro atoms. The van der Waals surface area contributed by atoms with Crippen LogP contribution in [0, 0.1) is 6.92 Å². The van der Waals surface area contributed by atoms with Gasteiger partial charge in [0.05, 0.1) is 29.4 Å². The molecule has 1 atom stereocenters. The lowest BCUT2D eigenvalue weighted by molar-refractivity contribution is -0.115. The molecule has 1 fully saturated rings. The first-order valence-electron chi connectivity index (χ1n) is 13.1. The molecule has 4 aromatic rings. The zero-order valence-electron chi connectivity index (χ0n) is 22.5. The SMILES string of the molecule is Cc1cc(CC(=O)Nc2cnn(C(C)(C)C)c2)ccc1Oc1ccnc2ccc(OCC3CCCN3)cc12. The van der Waals surface area contributed by atoms with Gasteiger partial charge in [-0.1, -0.05) is 12.1 Å². The third-order valence-electron chi connectivity index (χ3n) is 6.66. The van der Waals surface area contributed by atoms with Crippen molar-refractivity contribution in [2.24, 2.45) is 0 Å². The largest absolute Gasteiger partial charge is 0.492 e. The normalized spacial score (nSPS) is 15.5. The van der Waals surface area contributed by atoms with Crippen LogP contribution < -0.4 is 20.1 Å². The number of amides is 1. The van der Waals surface area contributed by atoms with Crippen molar-refractivity contribution in [1.29, 1.82) is 0 Å². The molecular weight excluding hydrogens is 478 g/mol. The Morgan fingerprint density at radius 3 is 2.76 bits per heavy atom. The number of anilines is 1. The van der Waals surface area contributed by atoms with Crippen molar-refractivity contribution < 1.29 is 14.3 Å². The van der Waals surface area contributed by atoms with Crippen molar-refractivity contribution in [3.05, 3.63) is 72.2 Å². The first-order valence-corrected chi connectivity index (χ1v) is 13.1. The van der Waals surface area contributed by atoms with Crippen molar-refractivity contribution in [1.82, 2.24) is 20.1 Å². The van der Waals surface area contributed by atoms with Crippen LogP contribution in [0.15, 0.2) is 61.1 Å². The first kappa shape index (κ1) is 25.7. The van der Waals surface area contributed by atoms with Gasteiger partial charge in [-0.2, -0.15) is 5.10 Å². The van der Waals surface area contributed by atoms with Gasteiger partial charge in [-0.15, -0.1) is 0 Å². The van der Waals surface area contributed by atoms with Crippen molar-refractivity contribution >= 4 is 22.5 Å². The molecular formula is C30H35N5O3. The van der Waals surface area contributed by atoms with E-state index >= 15 is 0 Å². The third-order valence-corrected chi connectivity index (χ3v) is 6.66. The summed E-state index contributed by atoms with van der Waals surface area (Å²) in [6.45, 7) is 9.88. The minimum Gasteiger partial charge on any atom is -0.492 e. The fourth-order valence-corrected chi connectivity index (χ4v) is 4.57. The van der Waals surface area contributed by atoms with Crippen molar-refractivity contribution in [3.8, 4) is 17.2 Å². The van der Waals surface area contributed by atoms with Crippen LogP contribution >= 0.6 is 0 Å². The number of nitrogens with zero attached hydrogens (tertiary/aromatic N) is 3. The number of carbonyl (C=O) groups excluding carboxylic acids is 1. The smallest absolute Gasteiger partial charge is 0.228 e. The highest BCUT2D eigenvalue weighted by atomic mass is 16.5. The summed E-state index contributed by atoms with van der Waals surface area (Å²) in [4.78, 5) is 17.1. The number of rotatable bonds is 8. The predicted octanol–water partition coefficient (Wildman–Crippen LogP) is 5.60. The second-order valence-corrected chi connectivity index (χ2v) is 10.9. The monoisotopic (exact) mass is 513 g/mol. The van der Waals surface area contributed by atoms with Crippen molar-refractivity contribution in [2.75, 3.05) is 18.5 Å². The van der Waals surface area contributed by atoms with Gasteiger partial charge >= 0.3 is 0 Å². The van der Waals surface area contributed by atoms with Crippen molar-refractivity contribution in [3.63, 3.8) is 0 Å². The second-order valence-electron chi connectivity index (χ2n) is 10.9. The zero-order valence-corrected chi connectivity index (χ0v) is 22.5. The minimum absolute atomic E-state index is 0.0908. The Bertz CT molecular complexity index is 1430. The molecule has 1 amide bonds. The highest BCUT2D eigenvalue weighted by molar-refractivity contribution is 5.92. The fourth-order valence-electron chi connectivity index (χ4n) is 4.57. The summed E-state index contributed by atoms with van der Waals surface area (Å²) in [5.41, 5.74) is 3.24. The molecule has 5 rings (SSSR count). The van der Waals surface area contributed by atoms with Crippen LogP contribution in [0.1, 0.15) is 44.7 Å². The molecule has 0 radical (unpaired) electrons. The number of aromatic nitrogens is 3. The highest BCUT2D eigenvalue weighted by Gasteiger charge is 2.16. The Labute approximate surface area is 223 Å². The summed E-state index contributed by atoms with van der Waals surface area (Å²) < 4.78 is 14.2. The summed E-state index contributed by atoms with van der Waals surface area (Å²) in [5, 5.41) is 11.6. The molecule has 3 heterocycles. The van der Waals surface area contributed by atoms with E-state index in [9.17, 15) is 4.79 Å². The van der Waals surface area contributed by atoms with E-state index in [1.807, 2.05) is 60.3 Å². The van der Waals surface area contributed by atoms with Gasteiger partial charge in [0.15, 0.2) is 0 Å². The molecule has 2 aromatic heterocycles. The number of nitrogens with one attached hydrogen (secondary N) is 2. The van der Waals surface area contributed by atoms with E-state index in [0.29, 0.717) is 24.1 Å². The van der Waals surface area contributed by atoms with Crippen LogP contribution in [0.3, 0.4) is 0 Å². The number of aryl methyl sites for hydroxylation is 1. The molecule has 198 valence electrons. The minimum atomic E-state index is -0.141. The Morgan fingerprint density at radius 1 is 1.16 bits per heavy atom. The molecule has 1 aliphatic rings. The van der Waals surface area contributed by atoms with Crippen LogP contribution in [0.25, 0.3) is 10.9 Å². The van der Waals surface area contributed by atoms with Gasteiger partial charge in [-0.25, -0.2) is 0 Å². The maximum absolute atomic E-state index is 12.6.